The lowest BCUT2D eigenvalue weighted by Gasteiger charge is -2.33. The third-order valence-electron chi connectivity index (χ3n) is 8.54. The second kappa shape index (κ2) is 16.3. The lowest BCUT2D eigenvalue weighted by Crippen LogP contribution is -2.45. The van der Waals surface area contributed by atoms with E-state index >= 15 is 0 Å². The highest BCUT2D eigenvalue weighted by Crippen LogP contribution is 2.36. The quantitative estimate of drug-likeness (QED) is 0.122. The van der Waals surface area contributed by atoms with Crippen LogP contribution in [0.5, 0.6) is 0 Å². The van der Waals surface area contributed by atoms with E-state index < -0.39 is 17.6 Å². The minimum absolute atomic E-state index is 0.0150. The van der Waals surface area contributed by atoms with Crippen LogP contribution >= 0.6 is 23.5 Å². The van der Waals surface area contributed by atoms with Crippen molar-refractivity contribution in [3.05, 3.63) is 41.0 Å². The molecule has 2 saturated heterocycles. The molecule has 2 unspecified atom stereocenters. The van der Waals surface area contributed by atoms with Gasteiger partial charge in [-0.1, -0.05) is 38.4 Å². The first-order valence-corrected chi connectivity index (χ1v) is 18.4. The first kappa shape index (κ1) is 38.7. The molecule has 2 aromatic rings. The largest absolute Gasteiger partial charge is 0.444 e. The molecule has 2 aliphatic rings. The van der Waals surface area contributed by atoms with Crippen molar-refractivity contribution < 1.29 is 23.9 Å². The van der Waals surface area contributed by atoms with Crippen molar-refractivity contribution in [1.29, 1.82) is 0 Å². The molecule has 2 fully saturated rings. The van der Waals surface area contributed by atoms with Crippen LogP contribution in [-0.2, 0) is 14.3 Å². The molecule has 49 heavy (non-hydrogen) atoms. The van der Waals surface area contributed by atoms with Gasteiger partial charge in [0.15, 0.2) is 0 Å². The zero-order chi connectivity index (χ0) is 36.0. The molecule has 0 bridgehead atoms. The summed E-state index contributed by atoms with van der Waals surface area (Å²) in [5.41, 5.74) is -0.326. The lowest BCUT2D eigenvalue weighted by molar-refractivity contribution is -0.127. The summed E-state index contributed by atoms with van der Waals surface area (Å²) in [5.74, 6) is 0.954. The summed E-state index contributed by atoms with van der Waals surface area (Å²) in [4.78, 5) is 51.0. The standard InChI is InChI=1S/C36H53ClN6O5S/c1-34(2,3)18-11-21-47-26-17-20-42(32(26)45)28-16-15-25(30(37)40-28)31(44)41-49-29-14-9-13-27(39-29)38-19-10-12-24-22-36(7,8)43(23-24)33(46)48-35(4,5)6/h9,13-16,24,26H,10-12,17-23H2,1-8H3,(H,38,39)(H,41,44). The van der Waals surface area contributed by atoms with Crippen molar-refractivity contribution in [2.24, 2.45) is 11.3 Å². The monoisotopic (exact) mass is 716 g/mol. The van der Waals surface area contributed by atoms with Crippen molar-refractivity contribution in [2.75, 3.05) is 36.5 Å². The maximum Gasteiger partial charge on any atom is 0.410 e. The van der Waals surface area contributed by atoms with E-state index in [-0.39, 0.29) is 33.7 Å². The fraction of sp³-hybridized carbons (Fsp3) is 0.639. The number of halogens is 1. The highest BCUT2D eigenvalue weighted by atomic mass is 35.5. The predicted molar refractivity (Wildman–Crippen MR) is 195 cm³/mol. The van der Waals surface area contributed by atoms with Crippen LogP contribution in [0, 0.1) is 11.3 Å². The van der Waals surface area contributed by atoms with Crippen LogP contribution in [0.4, 0.5) is 16.4 Å². The van der Waals surface area contributed by atoms with Gasteiger partial charge < -0.3 is 19.7 Å². The van der Waals surface area contributed by atoms with Gasteiger partial charge in [-0.15, -0.1) is 0 Å². The molecule has 270 valence electrons. The average Bonchev–Trinajstić information content (AvgIpc) is 3.52. The Morgan fingerprint density at radius 2 is 1.84 bits per heavy atom. The number of hydrogen-bond acceptors (Lipinski definition) is 9. The molecule has 0 aromatic carbocycles. The van der Waals surface area contributed by atoms with E-state index in [0.29, 0.717) is 48.7 Å². The number of anilines is 2. The Kier molecular flexibility index (Phi) is 12.9. The highest BCUT2D eigenvalue weighted by molar-refractivity contribution is 7.97. The van der Waals surface area contributed by atoms with E-state index in [4.69, 9.17) is 21.1 Å². The molecule has 13 heteroatoms. The van der Waals surface area contributed by atoms with Gasteiger partial charge in [0, 0.05) is 50.1 Å². The predicted octanol–water partition coefficient (Wildman–Crippen LogP) is 7.74. The molecule has 2 atom stereocenters. The van der Waals surface area contributed by atoms with Crippen molar-refractivity contribution in [2.45, 2.75) is 116 Å². The summed E-state index contributed by atoms with van der Waals surface area (Å²) >= 11 is 7.51. The number of nitrogens with one attached hydrogen (secondary N) is 2. The summed E-state index contributed by atoms with van der Waals surface area (Å²) in [5, 5.41) is 3.99. The van der Waals surface area contributed by atoms with Crippen LogP contribution in [0.3, 0.4) is 0 Å². The van der Waals surface area contributed by atoms with Crippen LogP contribution in [0.1, 0.15) is 104 Å². The van der Waals surface area contributed by atoms with E-state index in [1.54, 1.807) is 17.0 Å². The van der Waals surface area contributed by atoms with Gasteiger partial charge in [0.1, 0.15) is 33.5 Å². The normalized spacial score (nSPS) is 19.3. The number of ether oxygens (including phenoxy) is 2. The van der Waals surface area contributed by atoms with E-state index in [2.05, 4.69) is 54.6 Å². The van der Waals surface area contributed by atoms with Crippen LogP contribution in [0.15, 0.2) is 35.4 Å². The molecule has 4 heterocycles. The smallest absolute Gasteiger partial charge is 0.410 e. The molecule has 0 radical (unpaired) electrons. The minimum atomic E-state index is -0.518. The van der Waals surface area contributed by atoms with E-state index in [1.807, 2.05) is 43.9 Å². The lowest BCUT2D eigenvalue weighted by atomic mass is 9.91. The fourth-order valence-electron chi connectivity index (χ4n) is 6.16. The second-order valence-electron chi connectivity index (χ2n) is 15.7. The van der Waals surface area contributed by atoms with Crippen LogP contribution in [-0.4, -0.2) is 76.3 Å². The molecular weight excluding hydrogens is 664 g/mol. The molecule has 0 spiro atoms. The molecule has 4 rings (SSSR count). The first-order chi connectivity index (χ1) is 22.9. The number of pyridine rings is 2. The molecule has 0 saturated carbocycles. The Hall–Kier alpha value is -3.09. The topological polar surface area (TPSA) is 126 Å². The average molecular weight is 717 g/mol. The second-order valence-corrected chi connectivity index (χ2v) is 16.9. The third-order valence-corrected chi connectivity index (χ3v) is 9.55. The Morgan fingerprint density at radius 1 is 1.08 bits per heavy atom. The Balaban J connectivity index is 1.21. The van der Waals surface area contributed by atoms with Gasteiger partial charge in [-0.3, -0.25) is 19.2 Å². The van der Waals surface area contributed by atoms with Gasteiger partial charge in [-0.2, -0.15) is 0 Å². The number of likely N-dealkylation sites (tertiary alicyclic amines) is 1. The molecule has 2 N–H and O–H groups in total. The van der Waals surface area contributed by atoms with Crippen molar-refractivity contribution in [3.8, 4) is 0 Å². The summed E-state index contributed by atoms with van der Waals surface area (Å²) in [6.07, 6.45) is 4.60. The van der Waals surface area contributed by atoms with Crippen LogP contribution in [0.25, 0.3) is 0 Å². The maximum atomic E-state index is 13.0. The van der Waals surface area contributed by atoms with Crippen molar-refractivity contribution in [1.82, 2.24) is 19.6 Å². The first-order valence-electron chi connectivity index (χ1n) is 17.2. The summed E-state index contributed by atoms with van der Waals surface area (Å²) < 4.78 is 14.3. The third kappa shape index (κ3) is 11.5. The number of hydrogen-bond donors (Lipinski definition) is 2. The zero-order valence-corrected chi connectivity index (χ0v) is 31.8. The Bertz CT molecular complexity index is 1480. The Morgan fingerprint density at radius 3 is 2.53 bits per heavy atom. The summed E-state index contributed by atoms with van der Waals surface area (Å²) in [6, 6.07) is 8.78. The molecule has 3 amide bonds. The summed E-state index contributed by atoms with van der Waals surface area (Å²) in [6.45, 7) is 18.9. The van der Waals surface area contributed by atoms with Gasteiger partial charge in [0.05, 0.1) is 5.56 Å². The van der Waals surface area contributed by atoms with Crippen molar-refractivity contribution in [3.63, 3.8) is 0 Å². The highest BCUT2D eigenvalue weighted by Gasteiger charge is 2.42. The zero-order valence-electron chi connectivity index (χ0n) is 30.2. The van der Waals surface area contributed by atoms with Gasteiger partial charge in [0.2, 0.25) is 0 Å². The minimum Gasteiger partial charge on any atom is -0.444 e. The number of rotatable bonds is 13. The summed E-state index contributed by atoms with van der Waals surface area (Å²) in [7, 11) is 0. The van der Waals surface area contributed by atoms with Gasteiger partial charge in [-0.05, 0) is 102 Å². The number of amides is 3. The SMILES string of the molecule is CC(C)(C)CCCOC1CCN(c2ccc(C(=O)NSc3cccc(NCCCC4CN(C(=O)OC(C)(C)C)C(C)(C)C4)n3)c(Cl)n2)C1=O. The number of carbonyl (C=O) groups is 3. The number of nitrogens with zero attached hydrogens (tertiary/aromatic N) is 4. The molecule has 2 aromatic heterocycles. The molecule has 0 aliphatic carbocycles. The van der Waals surface area contributed by atoms with Crippen molar-refractivity contribution >= 4 is 53.1 Å². The van der Waals surface area contributed by atoms with E-state index in [1.165, 1.54) is 0 Å². The van der Waals surface area contributed by atoms with Gasteiger partial charge in [-0.25, -0.2) is 14.8 Å². The molecule has 2 aliphatic heterocycles. The molecular formula is C36H53ClN6O5S. The maximum absolute atomic E-state index is 13.0. The molecule has 11 nitrogen and oxygen atoms in total. The van der Waals surface area contributed by atoms with Gasteiger partial charge >= 0.3 is 6.09 Å². The van der Waals surface area contributed by atoms with E-state index in [9.17, 15) is 14.4 Å². The van der Waals surface area contributed by atoms with Crippen LogP contribution in [0.2, 0.25) is 5.15 Å². The van der Waals surface area contributed by atoms with Crippen LogP contribution < -0.4 is 14.9 Å². The number of aromatic nitrogens is 2. The van der Waals surface area contributed by atoms with E-state index in [0.717, 1.165) is 50.6 Å². The Labute approximate surface area is 300 Å². The van der Waals surface area contributed by atoms with Gasteiger partial charge in [0.25, 0.3) is 11.8 Å². The fourth-order valence-corrected chi connectivity index (χ4v) is 6.99. The number of carbonyl (C=O) groups excluding carboxylic acids is 3.